The number of aryl methyl sites for hydroxylation is 1. The predicted octanol–water partition coefficient (Wildman–Crippen LogP) is 2.87. The van der Waals surface area contributed by atoms with Gasteiger partial charge in [-0.3, -0.25) is 0 Å². The monoisotopic (exact) mass is 182 g/mol. The number of hydrogen-bond acceptors (Lipinski definition) is 2. The van der Waals surface area contributed by atoms with Gasteiger partial charge in [0.05, 0.1) is 0 Å². The van der Waals surface area contributed by atoms with Crippen LogP contribution >= 0.6 is 12.2 Å². The minimum atomic E-state index is 0.564. The number of unbranched alkanes of at least 4 members (excludes halogenated alkanes) is 2. The molecule has 3 heteroatoms. The Bertz CT molecular complexity index is 260. The van der Waals surface area contributed by atoms with Crippen molar-refractivity contribution in [2.75, 3.05) is 0 Å². The standard InChI is InChI=1S/C9H14N2S/c1-2-3-4-5-8-6-10-9(12)11-7-8/h6-7H,2-5H2,1H3,(H,10,11,12). The molecule has 0 amide bonds. The first-order valence-corrected chi connectivity index (χ1v) is 4.77. The van der Waals surface area contributed by atoms with E-state index in [1.54, 1.807) is 0 Å². The molecule has 1 rings (SSSR count). The van der Waals surface area contributed by atoms with Crippen molar-refractivity contribution in [3.05, 3.63) is 22.7 Å². The molecule has 1 aromatic rings. The Morgan fingerprint density at radius 2 is 2.33 bits per heavy atom. The fourth-order valence-electron chi connectivity index (χ4n) is 1.09. The quantitative estimate of drug-likeness (QED) is 0.573. The van der Waals surface area contributed by atoms with Gasteiger partial charge in [0.15, 0.2) is 4.77 Å². The Labute approximate surface area is 78.1 Å². The molecule has 0 aliphatic carbocycles. The fourth-order valence-corrected chi connectivity index (χ4v) is 1.20. The highest BCUT2D eigenvalue weighted by Crippen LogP contribution is 2.03. The van der Waals surface area contributed by atoms with Gasteiger partial charge < -0.3 is 4.98 Å². The average molecular weight is 182 g/mol. The molecule has 1 N–H and O–H groups in total. The molecular formula is C9H14N2S. The highest BCUT2D eigenvalue weighted by Gasteiger charge is 1.91. The second-order valence-corrected chi connectivity index (χ2v) is 3.27. The van der Waals surface area contributed by atoms with E-state index in [0.29, 0.717) is 4.77 Å². The first kappa shape index (κ1) is 9.39. The van der Waals surface area contributed by atoms with Crippen molar-refractivity contribution >= 4 is 12.2 Å². The van der Waals surface area contributed by atoms with E-state index in [-0.39, 0.29) is 0 Å². The SMILES string of the molecule is CCCCCc1cnc(=S)[nH]c1. The topological polar surface area (TPSA) is 28.7 Å². The van der Waals surface area contributed by atoms with Gasteiger partial charge in [0, 0.05) is 12.4 Å². The van der Waals surface area contributed by atoms with Gasteiger partial charge in [0.1, 0.15) is 0 Å². The first-order chi connectivity index (χ1) is 5.83. The third-order valence-corrected chi connectivity index (χ3v) is 2.02. The summed E-state index contributed by atoms with van der Waals surface area (Å²) in [7, 11) is 0. The normalized spacial score (nSPS) is 10.1. The molecule has 0 spiro atoms. The number of hydrogen-bond donors (Lipinski definition) is 1. The van der Waals surface area contributed by atoms with E-state index >= 15 is 0 Å². The number of aromatic amines is 1. The second-order valence-electron chi connectivity index (χ2n) is 2.88. The summed E-state index contributed by atoms with van der Waals surface area (Å²) in [5.74, 6) is 0. The van der Waals surface area contributed by atoms with E-state index in [1.807, 2.05) is 12.4 Å². The zero-order valence-electron chi connectivity index (χ0n) is 7.34. The van der Waals surface area contributed by atoms with Gasteiger partial charge >= 0.3 is 0 Å². The summed E-state index contributed by atoms with van der Waals surface area (Å²) in [6.07, 6.45) is 8.70. The lowest BCUT2D eigenvalue weighted by atomic mass is 10.1. The summed E-state index contributed by atoms with van der Waals surface area (Å²) < 4.78 is 0.564. The molecule has 0 atom stereocenters. The molecule has 2 nitrogen and oxygen atoms in total. The third kappa shape index (κ3) is 3.13. The predicted molar refractivity (Wildman–Crippen MR) is 52.7 cm³/mol. The lowest BCUT2D eigenvalue weighted by Gasteiger charge is -1.98. The minimum Gasteiger partial charge on any atom is -0.337 e. The van der Waals surface area contributed by atoms with Crippen LogP contribution < -0.4 is 0 Å². The fraction of sp³-hybridized carbons (Fsp3) is 0.556. The summed E-state index contributed by atoms with van der Waals surface area (Å²) in [6.45, 7) is 2.21. The second kappa shape index (κ2) is 5.04. The van der Waals surface area contributed by atoms with Crippen molar-refractivity contribution in [1.29, 1.82) is 0 Å². The van der Waals surface area contributed by atoms with Crippen LogP contribution in [0.15, 0.2) is 12.4 Å². The van der Waals surface area contributed by atoms with E-state index in [2.05, 4.69) is 16.9 Å². The lowest BCUT2D eigenvalue weighted by molar-refractivity contribution is 0.713. The number of nitrogens with one attached hydrogen (secondary N) is 1. The van der Waals surface area contributed by atoms with Gasteiger partial charge in [0.2, 0.25) is 0 Å². The number of H-pyrrole nitrogens is 1. The molecule has 0 fully saturated rings. The lowest BCUT2D eigenvalue weighted by Crippen LogP contribution is -1.89. The van der Waals surface area contributed by atoms with Crippen molar-refractivity contribution in [3.63, 3.8) is 0 Å². The first-order valence-electron chi connectivity index (χ1n) is 4.36. The summed E-state index contributed by atoms with van der Waals surface area (Å²) in [5.41, 5.74) is 1.25. The summed E-state index contributed by atoms with van der Waals surface area (Å²) in [5, 5.41) is 0. The van der Waals surface area contributed by atoms with Crippen LogP contribution in [0, 0.1) is 4.77 Å². The highest BCUT2D eigenvalue weighted by molar-refractivity contribution is 7.71. The summed E-state index contributed by atoms with van der Waals surface area (Å²) >= 11 is 4.84. The number of aromatic nitrogens is 2. The van der Waals surface area contributed by atoms with E-state index in [9.17, 15) is 0 Å². The van der Waals surface area contributed by atoms with Crippen molar-refractivity contribution < 1.29 is 0 Å². The highest BCUT2D eigenvalue weighted by atomic mass is 32.1. The van der Waals surface area contributed by atoms with Crippen molar-refractivity contribution in [2.45, 2.75) is 32.6 Å². The van der Waals surface area contributed by atoms with E-state index in [4.69, 9.17) is 12.2 Å². The molecule has 0 aliphatic heterocycles. The van der Waals surface area contributed by atoms with E-state index in [1.165, 1.54) is 24.8 Å². The van der Waals surface area contributed by atoms with Gasteiger partial charge in [-0.05, 0) is 30.6 Å². The van der Waals surface area contributed by atoms with Gasteiger partial charge in [-0.2, -0.15) is 0 Å². The van der Waals surface area contributed by atoms with Crippen LogP contribution in [0.4, 0.5) is 0 Å². The van der Waals surface area contributed by atoms with Gasteiger partial charge in [-0.15, -0.1) is 0 Å². The van der Waals surface area contributed by atoms with Crippen molar-refractivity contribution in [2.24, 2.45) is 0 Å². The van der Waals surface area contributed by atoms with Crippen LogP contribution in [-0.4, -0.2) is 9.97 Å². The molecule has 0 bridgehead atoms. The molecule has 66 valence electrons. The minimum absolute atomic E-state index is 0.564. The zero-order valence-corrected chi connectivity index (χ0v) is 8.16. The molecule has 0 aromatic carbocycles. The smallest absolute Gasteiger partial charge is 0.196 e. The zero-order chi connectivity index (χ0) is 8.81. The third-order valence-electron chi connectivity index (χ3n) is 1.80. The van der Waals surface area contributed by atoms with Crippen LogP contribution in [0.2, 0.25) is 0 Å². The average Bonchev–Trinajstić information content (AvgIpc) is 2.09. The van der Waals surface area contributed by atoms with Crippen LogP contribution in [-0.2, 0) is 6.42 Å². The Hall–Kier alpha value is -0.700. The molecule has 0 aliphatic rings. The van der Waals surface area contributed by atoms with Gasteiger partial charge in [-0.1, -0.05) is 19.8 Å². The van der Waals surface area contributed by atoms with Crippen LogP contribution in [0.5, 0.6) is 0 Å². The Morgan fingerprint density at radius 3 is 2.92 bits per heavy atom. The Balaban J connectivity index is 2.42. The maximum Gasteiger partial charge on any atom is 0.196 e. The molecule has 1 heterocycles. The largest absolute Gasteiger partial charge is 0.337 e. The van der Waals surface area contributed by atoms with Gasteiger partial charge in [-0.25, -0.2) is 4.98 Å². The Kier molecular flexibility index (Phi) is 3.94. The molecule has 0 saturated heterocycles. The summed E-state index contributed by atoms with van der Waals surface area (Å²) in [4.78, 5) is 6.95. The Morgan fingerprint density at radius 1 is 1.50 bits per heavy atom. The number of rotatable bonds is 4. The van der Waals surface area contributed by atoms with E-state index in [0.717, 1.165) is 6.42 Å². The van der Waals surface area contributed by atoms with Crippen molar-refractivity contribution in [3.8, 4) is 0 Å². The number of nitrogens with zero attached hydrogens (tertiary/aromatic N) is 1. The van der Waals surface area contributed by atoms with Gasteiger partial charge in [0.25, 0.3) is 0 Å². The van der Waals surface area contributed by atoms with E-state index < -0.39 is 0 Å². The molecule has 1 aromatic heterocycles. The van der Waals surface area contributed by atoms with Crippen molar-refractivity contribution in [1.82, 2.24) is 9.97 Å². The maximum absolute atomic E-state index is 4.84. The molecule has 0 saturated carbocycles. The molecule has 12 heavy (non-hydrogen) atoms. The summed E-state index contributed by atoms with van der Waals surface area (Å²) in [6, 6.07) is 0. The maximum atomic E-state index is 4.84. The van der Waals surface area contributed by atoms with Crippen LogP contribution in [0.3, 0.4) is 0 Å². The molecular weight excluding hydrogens is 168 g/mol. The molecule has 0 radical (unpaired) electrons. The molecule has 0 unspecified atom stereocenters. The van der Waals surface area contributed by atoms with Crippen LogP contribution in [0.1, 0.15) is 31.7 Å². The van der Waals surface area contributed by atoms with Crippen LogP contribution in [0.25, 0.3) is 0 Å².